The van der Waals surface area contributed by atoms with Crippen molar-refractivity contribution < 1.29 is 9.53 Å². The normalized spacial score (nSPS) is 10.4. The molecule has 4 nitrogen and oxygen atoms in total. The molecule has 2 rings (SSSR count). The fraction of sp³-hybridized carbons (Fsp3) is 0.100. The zero-order valence-corrected chi connectivity index (χ0v) is 10.5. The Morgan fingerprint density at radius 3 is 2.88 bits per heavy atom. The summed E-state index contributed by atoms with van der Waals surface area (Å²) in [5.41, 5.74) is 1.31. The fourth-order valence-electron chi connectivity index (χ4n) is 1.27. The second kappa shape index (κ2) is 4.35. The lowest BCUT2D eigenvalue weighted by molar-refractivity contribution is 0.0600. The molecule has 2 aromatic heterocycles. The number of halogens is 2. The number of pyridine rings is 2. The number of ether oxygens (including phenoxy) is 1. The third-order valence-electron chi connectivity index (χ3n) is 2.02. The molecule has 0 N–H and O–H groups in total. The van der Waals surface area contributed by atoms with Gasteiger partial charge in [-0.3, -0.25) is 9.97 Å². The Kier molecular flexibility index (Phi) is 3.07. The second-order valence-electron chi connectivity index (χ2n) is 3.00. The molecule has 0 aromatic carbocycles. The topological polar surface area (TPSA) is 52.1 Å². The standard InChI is InChI=1S/C10H6BrClN2O2/c1-16-10(15)6-4-13-7-2-5(11)3-14-9(7)8(6)12/h2-4H,1H3. The lowest BCUT2D eigenvalue weighted by Crippen LogP contribution is -2.03. The van der Waals surface area contributed by atoms with E-state index in [4.69, 9.17) is 11.6 Å². The van der Waals surface area contributed by atoms with Crippen molar-refractivity contribution in [2.45, 2.75) is 0 Å². The van der Waals surface area contributed by atoms with Gasteiger partial charge in [0.1, 0.15) is 5.52 Å². The predicted molar refractivity (Wildman–Crippen MR) is 63.6 cm³/mol. The molecule has 0 fully saturated rings. The van der Waals surface area contributed by atoms with E-state index in [2.05, 4.69) is 30.6 Å². The van der Waals surface area contributed by atoms with Gasteiger partial charge >= 0.3 is 5.97 Å². The van der Waals surface area contributed by atoms with E-state index in [0.29, 0.717) is 11.0 Å². The van der Waals surface area contributed by atoms with Crippen LogP contribution in [0.25, 0.3) is 11.0 Å². The summed E-state index contributed by atoms with van der Waals surface area (Å²) in [5.74, 6) is -0.524. The molecule has 2 heterocycles. The van der Waals surface area contributed by atoms with Gasteiger partial charge in [0.25, 0.3) is 0 Å². The molecule has 0 spiro atoms. The molecular formula is C10H6BrClN2O2. The lowest BCUT2D eigenvalue weighted by atomic mass is 10.2. The molecule has 0 aliphatic rings. The summed E-state index contributed by atoms with van der Waals surface area (Å²) < 4.78 is 5.39. The number of carbonyl (C=O) groups is 1. The maximum atomic E-state index is 11.4. The van der Waals surface area contributed by atoms with Crippen LogP contribution < -0.4 is 0 Å². The first-order valence-corrected chi connectivity index (χ1v) is 5.48. The van der Waals surface area contributed by atoms with Crippen molar-refractivity contribution in [2.75, 3.05) is 7.11 Å². The summed E-state index contributed by atoms with van der Waals surface area (Å²) in [6, 6.07) is 1.77. The summed E-state index contributed by atoms with van der Waals surface area (Å²) in [7, 11) is 1.29. The van der Waals surface area contributed by atoms with Gasteiger partial charge in [0.15, 0.2) is 0 Å². The number of methoxy groups -OCH3 is 1. The van der Waals surface area contributed by atoms with Crippen LogP contribution in [0.2, 0.25) is 5.02 Å². The average molecular weight is 302 g/mol. The van der Waals surface area contributed by atoms with Crippen LogP contribution in [-0.4, -0.2) is 23.0 Å². The van der Waals surface area contributed by atoms with E-state index in [0.717, 1.165) is 4.47 Å². The molecule has 82 valence electrons. The predicted octanol–water partition coefficient (Wildman–Crippen LogP) is 2.83. The van der Waals surface area contributed by atoms with Crippen molar-refractivity contribution in [3.8, 4) is 0 Å². The van der Waals surface area contributed by atoms with E-state index in [1.165, 1.54) is 13.3 Å². The van der Waals surface area contributed by atoms with Gasteiger partial charge in [-0.1, -0.05) is 11.6 Å². The molecule has 0 radical (unpaired) electrons. The van der Waals surface area contributed by atoms with E-state index in [1.807, 2.05) is 0 Å². The van der Waals surface area contributed by atoms with Crippen molar-refractivity contribution in [2.24, 2.45) is 0 Å². The Labute approximate surface area is 105 Å². The van der Waals surface area contributed by atoms with Crippen LogP contribution in [0.15, 0.2) is 22.9 Å². The van der Waals surface area contributed by atoms with E-state index >= 15 is 0 Å². The molecule has 0 unspecified atom stereocenters. The maximum absolute atomic E-state index is 11.4. The van der Waals surface area contributed by atoms with Gasteiger partial charge in [0.2, 0.25) is 0 Å². The highest BCUT2D eigenvalue weighted by Gasteiger charge is 2.15. The highest BCUT2D eigenvalue weighted by molar-refractivity contribution is 9.10. The zero-order valence-electron chi connectivity index (χ0n) is 8.20. The quantitative estimate of drug-likeness (QED) is 0.760. The second-order valence-corrected chi connectivity index (χ2v) is 4.29. The third kappa shape index (κ3) is 1.88. The Morgan fingerprint density at radius 2 is 2.19 bits per heavy atom. The van der Waals surface area contributed by atoms with Crippen molar-refractivity contribution in [3.05, 3.63) is 33.5 Å². The van der Waals surface area contributed by atoms with Gasteiger partial charge in [-0.2, -0.15) is 0 Å². The summed E-state index contributed by atoms with van der Waals surface area (Å²) in [6.45, 7) is 0. The molecule has 0 aliphatic carbocycles. The SMILES string of the molecule is COC(=O)c1cnc2cc(Br)cnc2c1Cl. The van der Waals surface area contributed by atoms with E-state index < -0.39 is 5.97 Å². The van der Waals surface area contributed by atoms with Crippen LogP contribution >= 0.6 is 27.5 Å². The first-order chi connectivity index (χ1) is 7.63. The van der Waals surface area contributed by atoms with Crippen LogP contribution in [0, 0.1) is 0 Å². The molecule has 0 saturated heterocycles. The molecule has 6 heteroatoms. The third-order valence-corrected chi connectivity index (χ3v) is 2.83. The number of hydrogen-bond acceptors (Lipinski definition) is 4. The minimum absolute atomic E-state index is 0.214. The number of nitrogens with zero attached hydrogens (tertiary/aromatic N) is 2. The maximum Gasteiger partial charge on any atom is 0.341 e. The lowest BCUT2D eigenvalue weighted by Gasteiger charge is -2.04. The molecule has 0 saturated carbocycles. The molecule has 16 heavy (non-hydrogen) atoms. The molecule has 0 atom stereocenters. The van der Waals surface area contributed by atoms with Crippen LogP contribution in [0.4, 0.5) is 0 Å². The van der Waals surface area contributed by atoms with Gasteiger partial charge in [-0.25, -0.2) is 4.79 Å². The van der Waals surface area contributed by atoms with Crippen LogP contribution in [-0.2, 0) is 4.74 Å². The first kappa shape index (κ1) is 11.3. The van der Waals surface area contributed by atoms with E-state index in [-0.39, 0.29) is 10.6 Å². The molecule has 0 amide bonds. The van der Waals surface area contributed by atoms with E-state index in [9.17, 15) is 4.79 Å². The Bertz CT molecular complexity index is 574. The number of carbonyl (C=O) groups excluding carboxylic acids is 1. The molecular weight excluding hydrogens is 295 g/mol. The number of aromatic nitrogens is 2. The van der Waals surface area contributed by atoms with Gasteiger partial charge in [0.05, 0.1) is 23.2 Å². The molecule has 0 aliphatic heterocycles. The summed E-state index contributed by atoms with van der Waals surface area (Å²) in [4.78, 5) is 19.6. The number of rotatable bonds is 1. The van der Waals surface area contributed by atoms with Gasteiger partial charge in [0, 0.05) is 16.9 Å². The van der Waals surface area contributed by atoms with Gasteiger partial charge < -0.3 is 4.74 Å². The fourth-order valence-corrected chi connectivity index (χ4v) is 1.86. The van der Waals surface area contributed by atoms with Crippen molar-refractivity contribution >= 4 is 44.5 Å². The Hall–Kier alpha value is -1.20. The molecule has 2 aromatic rings. The number of hydrogen-bond donors (Lipinski definition) is 0. The van der Waals surface area contributed by atoms with Crippen LogP contribution in [0.1, 0.15) is 10.4 Å². The van der Waals surface area contributed by atoms with Gasteiger partial charge in [-0.05, 0) is 22.0 Å². The van der Waals surface area contributed by atoms with Crippen molar-refractivity contribution in [1.29, 1.82) is 0 Å². The van der Waals surface area contributed by atoms with Crippen LogP contribution in [0.5, 0.6) is 0 Å². The first-order valence-electron chi connectivity index (χ1n) is 4.31. The number of fused-ring (bicyclic) bond motifs is 1. The van der Waals surface area contributed by atoms with Gasteiger partial charge in [-0.15, -0.1) is 0 Å². The minimum atomic E-state index is -0.524. The summed E-state index contributed by atoms with van der Waals surface area (Å²) in [5, 5.41) is 0.254. The zero-order chi connectivity index (χ0) is 11.7. The molecule has 0 bridgehead atoms. The monoisotopic (exact) mass is 300 g/mol. The van der Waals surface area contributed by atoms with E-state index in [1.54, 1.807) is 12.3 Å². The van der Waals surface area contributed by atoms with Crippen molar-refractivity contribution in [1.82, 2.24) is 9.97 Å². The highest BCUT2D eigenvalue weighted by Crippen LogP contribution is 2.25. The minimum Gasteiger partial charge on any atom is -0.465 e. The van der Waals surface area contributed by atoms with Crippen LogP contribution in [0.3, 0.4) is 0 Å². The Morgan fingerprint density at radius 1 is 1.44 bits per heavy atom. The Balaban J connectivity index is 2.70. The van der Waals surface area contributed by atoms with Crippen molar-refractivity contribution in [3.63, 3.8) is 0 Å². The summed E-state index contributed by atoms with van der Waals surface area (Å²) >= 11 is 9.33. The average Bonchev–Trinajstić information content (AvgIpc) is 2.28. The largest absolute Gasteiger partial charge is 0.465 e. The highest BCUT2D eigenvalue weighted by atomic mass is 79.9. The smallest absolute Gasteiger partial charge is 0.341 e. The number of esters is 1. The summed E-state index contributed by atoms with van der Waals surface area (Å²) in [6.07, 6.45) is 2.97.